The van der Waals surface area contributed by atoms with Crippen molar-refractivity contribution in [2.24, 2.45) is 0 Å². The summed E-state index contributed by atoms with van der Waals surface area (Å²) in [4.78, 5) is 30.8. The molecule has 1 fully saturated rings. The van der Waals surface area contributed by atoms with Gasteiger partial charge in [0.15, 0.2) is 6.29 Å². The Balaban J connectivity index is 1.76. The third-order valence-corrected chi connectivity index (χ3v) is 3.71. The van der Waals surface area contributed by atoms with Crippen LogP contribution in [0.1, 0.15) is 36.8 Å². The van der Waals surface area contributed by atoms with Gasteiger partial charge in [-0.2, -0.15) is 0 Å². The van der Waals surface area contributed by atoms with Gasteiger partial charge >= 0.3 is 6.09 Å². The zero-order valence-electron chi connectivity index (χ0n) is 14.1. The zero-order valence-corrected chi connectivity index (χ0v) is 14.1. The normalized spacial score (nSPS) is 16.2. The molecule has 6 nitrogen and oxygen atoms in total. The van der Waals surface area contributed by atoms with Gasteiger partial charge in [0.05, 0.1) is 0 Å². The lowest BCUT2D eigenvalue weighted by Gasteiger charge is -2.35. The van der Waals surface area contributed by atoms with E-state index in [0.29, 0.717) is 18.8 Å². The van der Waals surface area contributed by atoms with E-state index in [2.05, 4.69) is 9.88 Å². The van der Waals surface area contributed by atoms with Crippen molar-refractivity contribution in [1.29, 1.82) is 0 Å². The van der Waals surface area contributed by atoms with Gasteiger partial charge in [0.1, 0.15) is 11.3 Å². The molecule has 1 aliphatic rings. The molecule has 0 radical (unpaired) electrons. The van der Waals surface area contributed by atoms with Crippen LogP contribution in [0.2, 0.25) is 0 Å². The number of hydrogen-bond acceptors (Lipinski definition) is 5. The number of aldehydes is 1. The lowest BCUT2D eigenvalue weighted by atomic mass is 10.1. The molecule has 1 amide bonds. The van der Waals surface area contributed by atoms with Crippen molar-refractivity contribution in [3.63, 3.8) is 0 Å². The number of aromatic nitrogens is 1. The number of rotatable bonds is 4. The van der Waals surface area contributed by atoms with Crippen molar-refractivity contribution in [1.82, 2.24) is 14.8 Å². The number of ether oxygens (including phenoxy) is 1. The minimum Gasteiger partial charge on any atom is -0.444 e. The Labute approximate surface area is 137 Å². The first kappa shape index (κ1) is 17.4. The second kappa shape index (κ2) is 7.55. The highest BCUT2D eigenvalue weighted by Crippen LogP contribution is 2.12. The average molecular weight is 319 g/mol. The summed E-state index contributed by atoms with van der Waals surface area (Å²) in [5.41, 5.74) is 1.13. The number of piperazine rings is 1. The summed E-state index contributed by atoms with van der Waals surface area (Å²) in [6.45, 7) is 9.59. The monoisotopic (exact) mass is 319 g/mol. The van der Waals surface area contributed by atoms with Gasteiger partial charge in [-0.3, -0.25) is 14.7 Å². The van der Waals surface area contributed by atoms with E-state index in [1.807, 2.05) is 32.9 Å². The first-order chi connectivity index (χ1) is 10.9. The summed E-state index contributed by atoms with van der Waals surface area (Å²) in [5, 5.41) is 0. The van der Waals surface area contributed by atoms with Crippen LogP contribution >= 0.6 is 0 Å². The smallest absolute Gasteiger partial charge is 0.410 e. The topological polar surface area (TPSA) is 62.7 Å². The zero-order chi connectivity index (χ0) is 16.9. The van der Waals surface area contributed by atoms with Crippen LogP contribution in [0.5, 0.6) is 0 Å². The molecule has 1 saturated heterocycles. The fourth-order valence-corrected chi connectivity index (χ4v) is 2.48. The van der Waals surface area contributed by atoms with Crippen molar-refractivity contribution in [2.75, 3.05) is 32.7 Å². The van der Waals surface area contributed by atoms with Crippen LogP contribution in [0.25, 0.3) is 0 Å². The van der Waals surface area contributed by atoms with Crippen molar-refractivity contribution < 1.29 is 14.3 Å². The molecule has 1 aromatic heterocycles. The number of pyridine rings is 1. The molecule has 0 aliphatic carbocycles. The highest BCUT2D eigenvalue weighted by atomic mass is 16.6. The van der Waals surface area contributed by atoms with Gasteiger partial charge in [-0.25, -0.2) is 4.79 Å². The van der Waals surface area contributed by atoms with Crippen molar-refractivity contribution in [3.8, 4) is 0 Å². The first-order valence-corrected chi connectivity index (χ1v) is 7.98. The SMILES string of the molecule is CC(C)(C)OC(=O)N1CCN(CCc2ccnc(C=O)c2)CC1. The summed E-state index contributed by atoms with van der Waals surface area (Å²) in [6.07, 6.45) is 3.07. The number of hydrogen-bond donors (Lipinski definition) is 0. The van der Waals surface area contributed by atoms with Crippen molar-refractivity contribution in [2.45, 2.75) is 32.8 Å². The highest BCUT2D eigenvalue weighted by Gasteiger charge is 2.25. The van der Waals surface area contributed by atoms with Gasteiger partial charge < -0.3 is 9.64 Å². The predicted molar refractivity (Wildman–Crippen MR) is 87.6 cm³/mol. The molecular weight excluding hydrogens is 294 g/mol. The molecule has 1 aliphatic heterocycles. The average Bonchev–Trinajstić information content (AvgIpc) is 2.52. The third kappa shape index (κ3) is 5.63. The maximum atomic E-state index is 12.0. The van der Waals surface area contributed by atoms with Gasteiger partial charge in [0.25, 0.3) is 0 Å². The molecule has 0 atom stereocenters. The van der Waals surface area contributed by atoms with E-state index in [1.54, 1.807) is 11.1 Å². The van der Waals surface area contributed by atoms with Crippen molar-refractivity contribution in [3.05, 3.63) is 29.6 Å². The molecule has 0 N–H and O–H groups in total. The molecule has 1 aromatic rings. The summed E-state index contributed by atoms with van der Waals surface area (Å²) in [7, 11) is 0. The van der Waals surface area contributed by atoms with Crippen LogP contribution in [0.15, 0.2) is 18.3 Å². The van der Waals surface area contributed by atoms with Crippen LogP contribution in [-0.2, 0) is 11.2 Å². The largest absolute Gasteiger partial charge is 0.444 e. The molecule has 0 aromatic carbocycles. The minimum absolute atomic E-state index is 0.234. The van der Waals surface area contributed by atoms with Crippen LogP contribution < -0.4 is 0 Å². The second-order valence-electron chi connectivity index (χ2n) is 6.77. The molecule has 0 spiro atoms. The summed E-state index contributed by atoms with van der Waals surface area (Å²) >= 11 is 0. The fraction of sp³-hybridized carbons (Fsp3) is 0.588. The summed E-state index contributed by atoms with van der Waals surface area (Å²) in [6, 6.07) is 3.76. The van der Waals surface area contributed by atoms with E-state index >= 15 is 0 Å². The first-order valence-electron chi connectivity index (χ1n) is 7.98. The molecule has 0 bridgehead atoms. The molecular formula is C17H25N3O3. The van der Waals surface area contributed by atoms with Crippen LogP contribution in [0, 0.1) is 0 Å². The van der Waals surface area contributed by atoms with Gasteiger partial charge in [0, 0.05) is 38.9 Å². The number of carbonyl (C=O) groups excluding carboxylic acids is 2. The predicted octanol–water partition coefficient (Wildman–Crippen LogP) is 1.99. The number of amides is 1. The third-order valence-electron chi connectivity index (χ3n) is 3.71. The Morgan fingerprint density at radius 3 is 2.61 bits per heavy atom. The Hall–Kier alpha value is -1.95. The van der Waals surface area contributed by atoms with E-state index in [9.17, 15) is 9.59 Å². The Bertz CT molecular complexity index is 546. The van der Waals surface area contributed by atoms with Crippen LogP contribution in [0.4, 0.5) is 4.79 Å². The highest BCUT2D eigenvalue weighted by molar-refractivity contribution is 5.71. The molecule has 6 heteroatoms. The maximum Gasteiger partial charge on any atom is 0.410 e. The number of carbonyl (C=O) groups is 2. The lowest BCUT2D eigenvalue weighted by Crippen LogP contribution is -2.50. The minimum atomic E-state index is -0.453. The van der Waals surface area contributed by atoms with Gasteiger partial charge in [-0.1, -0.05) is 0 Å². The Kier molecular flexibility index (Phi) is 5.71. The standard InChI is InChI=1S/C17H25N3O3/c1-17(2,3)23-16(22)20-10-8-19(9-11-20)7-5-14-4-6-18-15(12-14)13-21/h4,6,12-13H,5,7-11H2,1-3H3. The fourth-order valence-electron chi connectivity index (χ4n) is 2.48. The van der Waals surface area contributed by atoms with Crippen LogP contribution in [-0.4, -0.2) is 65.5 Å². The molecule has 23 heavy (non-hydrogen) atoms. The lowest BCUT2D eigenvalue weighted by molar-refractivity contribution is 0.0146. The maximum absolute atomic E-state index is 12.0. The molecule has 2 heterocycles. The van der Waals surface area contributed by atoms with E-state index in [4.69, 9.17) is 4.74 Å². The Morgan fingerprint density at radius 2 is 2.00 bits per heavy atom. The van der Waals surface area contributed by atoms with Gasteiger partial charge in [-0.15, -0.1) is 0 Å². The quantitative estimate of drug-likeness (QED) is 0.794. The summed E-state index contributed by atoms with van der Waals surface area (Å²) in [5.74, 6) is 0. The van der Waals surface area contributed by atoms with E-state index in [-0.39, 0.29) is 6.09 Å². The van der Waals surface area contributed by atoms with Gasteiger partial charge in [0.2, 0.25) is 0 Å². The van der Waals surface area contributed by atoms with E-state index in [1.165, 1.54) is 0 Å². The Morgan fingerprint density at radius 1 is 1.30 bits per heavy atom. The van der Waals surface area contributed by atoms with Crippen molar-refractivity contribution >= 4 is 12.4 Å². The molecule has 126 valence electrons. The van der Waals surface area contributed by atoms with Crippen LogP contribution in [0.3, 0.4) is 0 Å². The van der Waals surface area contributed by atoms with E-state index < -0.39 is 5.60 Å². The number of nitrogens with zero attached hydrogens (tertiary/aromatic N) is 3. The molecule has 2 rings (SSSR count). The van der Waals surface area contributed by atoms with E-state index in [0.717, 1.165) is 37.9 Å². The summed E-state index contributed by atoms with van der Waals surface area (Å²) < 4.78 is 5.40. The second-order valence-corrected chi connectivity index (χ2v) is 6.77. The molecule has 0 unspecified atom stereocenters. The van der Waals surface area contributed by atoms with Gasteiger partial charge in [-0.05, 0) is 44.9 Å². The molecule has 0 saturated carbocycles.